The van der Waals surface area contributed by atoms with Gasteiger partial charge in [-0.15, -0.1) is 0 Å². The Kier molecular flexibility index (Phi) is 3.98. The highest BCUT2D eigenvalue weighted by molar-refractivity contribution is 5.41. The minimum Gasteiger partial charge on any atom is -0.504 e. The van der Waals surface area contributed by atoms with Crippen LogP contribution in [0.3, 0.4) is 0 Å². The number of aromatic hydroxyl groups is 2. The van der Waals surface area contributed by atoms with Crippen LogP contribution >= 0.6 is 0 Å². The van der Waals surface area contributed by atoms with Gasteiger partial charge < -0.3 is 15.5 Å². The molecule has 1 aromatic carbocycles. The van der Waals surface area contributed by atoms with Crippen LogP contribution in [0.2, 0.25) is 0 Å². The molecule has 1 aromatic rings. The van der Waals surface area contributed by atoms with Crippen molar-refractivity contribution >= 4 is 0 Å². The van der Waals surface area contributed by atoms with Crippen LogP contribution in [0.15, 0.2) is 18.2 Å². The number of hydrogen-bond donors (Lipinski definition) is 3. The molecule has 1 heterocycles. The molecule has 100 valence electrons. The highest BCUT2D eigenvalue weighted by atomic mass is 19.3. The van der Waals surface area contributed by atoms with E-state index in [1.165, 1.54) is 18.2 Å². The molecule has 1 aliphatic heterocycles. The van der Waals surface area contributed by atoms with Crippen LogP contribution in [0.4, 0.5) is 8.78 Å². The van der Waals surface area contributed by atoms with Gasteiger partial charge in [0.2, 0.25) is 0 Å². The second kappa shape index (κ2) is 5.49. The number of phenolic OH excluding ortho intramolecular Hbond substituents is 2. The molecule has 6 heteroatoms. The van der Waals surface area contributed by atoms with Gasteiger partial charge in [0.25, 0.3) is 6.43 Å². The molecule has 0 saturated carbocycles. The summed E-state index contributed by atoms with van der Waals surface area (Å²) in [6.07, 6.45) is -2.54. The molecule has 1 aliphatic rings. The van der Waals surface area contributed by atoms with Crippen molar-refractivity contribution in [2.45, 2.75) is 12.5 Å². The van der Waals surface area contributed by atoms with E-state index < -0.39 is 12.5 Å². The fourth-order valence-electron chi connectivity index (χ4n) is 2.20. The minimum absolute atomic E-state index is 0.299. The lowest BCUT2D eigenvalue weighted by molar-refractivity contribution is 0.0181. The topological polar surface area (TPSA) is 55.7 Å². The Labute approximate surface area is 104 Å². The molecular weight excluding hydrogens is 242 g/mol. The number of piperazine rings is 1. The Morgan fingerprint density at radius 2 is 1.78 bits per heavy atom. The van der Waals surface area contributed by atoms with Crippen molar-refractivity contribution in [2.24, 2.45) is 0 Å². The summed E-state index contributed by atoms with van der Waals surface area (Å²) in [5, 5.41) is 21.7. The second-order valence-electron chi connectivity index (χ2n) is 4.31. The zero-order valence-electron chi connectivity index (χ0n) is 9.81. The van der Waals surface area contributed by atoms with Crippen molar-refractivity contribution in [3.8, 4) is 11.5 Å². The average Bonchev–Trinajstić information content (AvgIpc) is 2.35. The number of hydrogen-bond acceptors (Lipinski definition) is 4. The number of phenols is 2. The third-order valence-electron chi connectivity index (χ3n) is 3.12. The van der Waals surface area contributed by atoms with Crippen LogP contribution in [0, 0.1) is 0 Å². The van der Waals surface area contributed by atoms with Gasteiger partial charge in [-0.2, -0.15) is 0 Å². The van der Waals surface area contributed by atoms with Gasteiger partial charge in [0.05, 0.1) is 6.04 Å². The van der Waals surface area contributed by atoms with E-state index in [0.29, 0.717) is 31.7 Å². The summed E-state index contributed by atoms with van der Waals surface area (Å²) < 4.78 is 26.4. The summed E-state index contributed by atoms with van der Waals surface area (Å²) in [6.45, 7) is 2.42. The third kappa shape index (κ3) is 2.70. The largest absolute Gasteiger partial charge is 0.504 e. The quantitative estimate of drug-likeness (QED) is 0.715. The number of nitrogens with one attached hydrogen (secondary N) is 1. The van der Waals surface area contributed by atoms with Crippen molar-refractivity contribution in [3.63, 3.8) is 0 Å². The fourth-order valence-corrected chi connectivity index (χ4v) is 2.20. The lowest BCUT2D eigenvalue weighted by Gasteiger charge is -2.34. The van der Waals surface area contributed by atoms with Crippen LogP contribution in [0.1, 0.15) is 11.6 Å². The molecule has 2 rings (SSSR count). The number of halogens is 2. The van der Waals surface area contributed by atoms with Gasteiger partial charge in [-0.1, -0.05) is 6.07 Å². The molecule has 0 unspecified atom stereocenters. The number of nitrogens with zero attached hydrogens (tertiary/aromatic N) is 1. The van der Waals surface area contributed by atoms with E-state index in [0.717, 1.165) is 0 Å². The zero-order chi connectivity index (χ0) is 13.1. The van der Waals surface area contributed by atoms with Gasteiger partial charge in [0.1, 0.15) is 0 Å². The van der Waals surface area contributed by atoms with E-state index >= 15 is 0 Å². The van der Waals surface area contributed by atoms with Crippen molar-refractivity contribution in [1.29, 1.82) is 0 Å². The van der Waals surface area contributed by atoms with Crippen LogP contribution < -0.4 is 5.32 Å². The molecule has 0 bridgehead atoms. The molecule has 18 heavy (non-hydrogen) atoms. The molecule has 4 nitrogen and oxygen atoms in total. The van der Waals surface area contributed by atoms with Crippen molar-refractivity contribution in [1.82, 2.24) is 10.2 Å². The van der Waals surface area contributed by atoms with Crippen molar-refractivity contribution in [3.05, 3.63) is 23.8 Å². The first-order valence-electron chi connectivity index (χ1n) is 5.84. The minimum atomic E-state index is -2.54. The molecule has 1 saturated heterocycles. The predicted molar refractivity (Wildman–Crippen MR) is 63.0 cm³/mol. The summed E-state index contributed by atoms with van der Waals surface area (Å²) in [6, 6.07) is 2.82. The smallest absolute Gasteiger partial charge is 0.258 e. The molecule has 3 N–H and O–H groups in total. The van der Waals surface area contributed by atoms with E-state index in [4.69, 9.17) is 0 Å². The van der Waals surface area contributed by atoms with Gasteiger partial charge in [-0.25, -0.2) is 8.78 Å². The van der Waals surface area contributed by atoms with E-state index in [-0.39, 0.29) is 11.5 Å². The van der Waals surface area contributed by atoms with Gasteiger partial charge in [0, 0.05) is 26.2 Å². The Hall–Kier alpha value is -1.40. The first-order chi connectivity index (χ1) is 8.59. The zero-order valence-corrected chi connectivity index (χ0v) is 9.81. The van der Waals surface area contributed by atoms with Gasteiger partial charge in [0.15, 0.2) is 11.5 Å². The normalized spacial score (nSPS) is 19.1. The summed E-state index contributed by atoms with van der Waals surface area (Å²) in [4.78, 5) is 1.69. The maximum absolute atomic E-state index is 13.2. The van der Waals surface area contributed by atoms with Gasteiger partial charge in [-0.05, 0) is 17.7 Å². The molecular formula is C12H16F2N2O2. The summed E-state index contributed by atoms with van der Waals surface area (Å²) in [5.41, 5.74) is 0.321. The highest BCUT2D eigenvalue weighted by Crippen LogP contribution is 2.33. The van der Waals surface area contributed by atoms with Gasteiger partial charge >= 0.3 is 0 Å². The lowest BCUT2D eigenvalue weighted by Crippen LogP contribution is -2.46. The first kappa shape index (κ1) is 13.0. The SMILES string of the molecule is Oc1ccc([C@@H](C(F)F)N2CCNCC2)cc1O. The standard InChI is InChI=1S/C12H16F2N2O2/c13-12(14)11(16-5-3-15-4-6-16)8-1-2-9(17)10(18)7-8/h1-2,7,11-12,15,17-18H,3-6H2/t11-/m0/s1. The maximum atomic E-state index is 13.2. The molecule has 1 atom stereocenters. The summed E-state index contributed by atoms with van der Waals surface area (Å²) in [7, 11) is 0. The molecule has 0 aliphatic carbocycles. The Morgan fingerprint density at radius 1 is 1.11 bits per heavy atom. The van der Waals surface area contributed by atoms with E-state index in [9.17, 15) is 19.0 Å². The van der Waals surface area contributed by atoms with E-state index in [1.807, 2.05) is 0 Å². The molecule has 1 fully saturated rings. The Balaban J connectivity index is 2.25. The molecule has 0 aromatic heterocycles. The van der Waals surface area contributed by atoms with Crippen molar-refractivity contribution < 1.29 is 19.0 Å². The van der Waals surface area contributed by atoms with Crippen LogP contribution in [0.25, 0.3) is 0 Å². The van der Waals surface area contributed by atoms with Crippen LogP contribution in [-0.4, -0.2) is 47.7 Å². The maximum Gasteiger partial charge on any atom is 0.258 e. The van der Waals surface area contributed by atoms with E-state index in [2.05, 4.69) is 5.32 Å². The number of rotatable bonds is 3. The Morgan fingerprint density at radius 3 is 2.33 bits per heavy atom. The first-order valence-corrected chi connectivity index (χ1v) is 5.84. The van der Waals surface area contributed by atoms with Crippen molar-refractivity contribution in [2.75, 3.05) is 26.2 Å². The second-order valence-corrected chi connectivity index (χ2v) is 4.31. The monoisotopic (exact) mass is 258 g/mol. The van der Waals surface area contributed by atoms with Crippen LogP contribution in [0.5, 0.6) is 11.5 Å². The molecule has 0 amide bonds. The third-order valence-corrected chi connectivity index (χ3v) is 3.12. The summed E-state index contributed by atoms with van der Waals surface area (Å²) >= 11 is 0. The highest BCUT2D eigenvalue weighted by Gasteiger charge is 2.30. The lowest BCUT2D eigenvalue weighted by atomic mass is 10.0. The summed E-state index contributed by atoms with van der Waals surface area (Å²) in [5.74, 6) is -0.666. The number of alkyl halides is 2. The van der Waals surface area contributed by atoms with Gasteiger partial charge in [-0.3, -0.25) is 4.90 Å². The number of benzene rings is 1. The molecule has 0 spiro atoms. The Bertz CT molecular complexity index is 409. The fraction of sp³-hybridized carbons (Fsp3) is 0.500. The van der Waals surface area contributed by atoms with E-state index in [1.54, 1.807) is 4.90 Å². The van der Waals surface area contributed by atoms with Crippen LogP contribution in [-0.2, 0) is 0 Å². The predicted octanol–water partition coefficient (Wildman–Crippen LogP) is 1.31. The average molecular weight is 258 g/mol. The molecule has 0 radical (unpaired) electrons.